The highest BCUT2D eigenvalue weighted by Crippen LogP contribution is 2.25. The summed E-state index contributed by atoms with van der Waals surface area (Å²) in [7, 11) is 0. The van der Waals surface area contributed by atoms with E-state index >= 15 is 0 Å². The Balaban J connectivity index is 1.47. The molecule has 0 aliphatic heterocycles. The summed E-state index contributed by atoms with van der Waals surface area (Å²) in [6.07, 6.45) is 0. The molecule has 0 radical (unpaired) electrons. The summed E-state index contributed by atoms with van der Waals surface area (Å²) in [5, 5.41) is 18.0. The summed E-state index contributed by atoms with van der Waals surface area (Å²) in [5.41, 5.74) is 4.60. The predicted octanol–water partition coefficient (Wildman–Crippen LogP) is 3.85. The van der Waals surface area contributed by atoms with Crippen LogP contribution in [0, 0.1) is 13.8 Å². The first kappa shape index (κ1) is 20.9. The normalized spacial score (nSPS) is 10.6. The number of nitrogens with zero attached hydrogens (tertiary/aromatic N) is 4. The number of amides is 2. The van der Waals surface area contributed by atoms with Gasteiger partial charge >= 0.3 is 0 Å². The number of tetrazole rings is 1. The van der Waals surface area contributed by atoms with E-state index in [0.29, 0.717) is 28.3 Å². The lowest BCUT2D eigenvalue weighted by Gasteiger charge is -2.09. The fourth-order valence-corrected chi connectivity index (χ4v) is 3.07. The van der Waals surface area contributed by atoms with Crippen LogP contribution in [0.25, 0.3) is 11.4 Å². The molecule has 0 unspecified atom stereocenters. The van der Waals surface area contributed by atoms with Gasteiger partial charge < -0.3 is 10.6 Å². The van der Waals surface area contributed by atoms with E-state index in [1.165, 1.54) is 4.80 Å². The highest BCUT2D eigenvalue weighted by molar-refractivity contribution is 6.06. The third-order valence-corrected chi connectivity index (χ3v) is 4.80. The summed E-state index contributed by atoms with van der Waals surface area (Å²) >= 11 is 0. The zero-order valence-electron chi connectivity index (χ0n) is 17.7. The minimum absolute atomic E-state index is 0.0846. The Morgan fingerprint density at radius 1 is 0.844 bits per heavy atom. The van der Waals surface area contributed by atoms with E-state index in [4.69, 9.17) is 0 Å². The van der Waals surface area contributed by atoms with E-state index in [0.717, 1.165) is 11.1 Å². The van der Waals surface area contributed by atoms with E-state index in [1.807, 2.05) is 62.4 Å². The van der Waals surface area contributed by atoms with E-state index in [9.17, 15) is 9.59 Å². The smallest absolute Gasteiger partial charge is 0.255 e. The largest absolute Gasteiger partial charge is 0.324 e. The van der Waals surface area contributed by atoms with Crippen LogP contribution in [-0.2, 0) is 11.3 Å². The minimum atomic E-state index is -0.265. The van der Waals surface area contributed by atoms with Crippen molar-refractivity contribution in [1.29, 1.82) is 0 Å². The topological polar surface area (TPSA) is 102 Å². The molecule has 0 saturated heterocycles. The van der Waals surface area contributed by atoms with Crippen molar-refractivity contribution in [3.05, 3.63) is 89.5 Å². The molecule has 4 aromatic rings. The molecule has 3 aromatic carbocycles. The average molecular weight is 426 g/mol. The molecule has 1 aromatic heterocycles. The van der Waals surface area contributed by atoms with Gasteiger partial charge in [0.05, 0.1) is 5.69 Å². The first-order valence-corrected chi connectivity index (χ1v) is 10.1. The molecular formula is C24H22N6O2. The quantitative estimate of drug-likeness (QED) is 0.488. The summed E-state index contributed by atoms with van der Waals surface area (Å²) in [5.74, 6) is -0.186. The fraction of sp³-hybridized carbons (Fsp3) is 0.125. The molecule has 0 saturated carbocycles. The fourth-order valence-electron chi connectivity index (χ4n) is 3.07. The van der Waals surface area contributed by atoms with Crippen LogP contribution in [0.3, 0.4) is 0 Å². The second kappa shape index (κ2) is 9.22. The van der Waals surface area contributed by atoms with Gasteiger partial charge in [0, 0.05) is 16.8 Å². The van der Waals surface area contributed by atoms with Crippen LogP contribution in [0.4, 0.5) is 11.4 Å². The Morgan fingerprint density at radius 3 is 2.22 bits per heavy atom. The molecule has 32 heavy (non-hydrogen) atoms. The summed E-state index contributed by atoms with van der Waals surface area (Å²) in [6, 6.07) is 22.0. The van der Waals surface area contributed by atoms with Gasteiger partial charge in [0.2, 0.25) is 11.7 Å². The molecule has 8 nitrogen and oxygen atoms in total. The summed E-state index contributed by atoms with van der Waals surface area (Å²) < 4.78 is 0. The van der Waals surface area contributed by atoms with Gasteiger partial charge in [0.25, 0.3) is 5.91 Å². The van der Waals surface area contributed by atoms with Gasteiger partial charge in [0.15, 0.2) is 0 Å². The van der Waals surface area contributed by atoms with Crippen LogP contribution in [-0.4, -0.2) is 32.0 Å². The van der Waals surface area contributed by atoms with Gasteiger partial charge in [-0.1, -0.05) is 47.5 Å². The van der Waals surface area contributed by atoms with Gasteiger partial charge in [-0.2, -0.15) is 4.80 Å². The molecule has 0 bridgehead atoms. The second-order valence-electron chi connectivity index (χ2n) is 7.42. The Labute approximate surface area is 185 Å². The molecule has 0 fully saturated rings. The Hall–Kier alpha value is -4.33. The van der Waals surface area contributed by atoms with Crippen molar-refractivity contribution < 1.29 is 9.59 Å². The summed E-state index contributed by atoms with van der Waals surface area (Å²) in [6.45, 7) is 3.86. The maximum atomic E-state index is 12.6. The predicted molar refractivity (Wildman–Crippen MR) is 122 cm³/mol. The molecule has 4 rings (SSSR count). The van der Waals surface area contributed by atoms with Crippen LogP contribution in [0.15, 0.2) is 72.8 Å². The zero-order chi connectivity index (χ0) is 22.5. The van der Waals surface area contributed by atoms with Gasteiger partial charge in [-0.15, -0.1) is 10.2 Å². The highest BCUT2D eigenvalue weighted by atomic mass is 16.2. The standard InChI is InChI=1S/C24H22N6O2/c1-16-7-11-18(12-8-16)24(32)26-21-6-4-3-5-20(21)23-27-29-30(28-23)15-22(31)25-19-13-9-17(2)10-14-19/h3-14H,15H2,1-2H3,(H,25,31)(H,26,32). The Bertz CT molecular complexity index is 1250. The third kappa shape index (κ3) is 5.04. The molecule has 0 atom stereocenters. The zero-order valence-corrected chi connectivity index (χ0v) is 17.7. The second-order valence-corrected chi connectivity index (χ2v) is 7.42. The van der Waals surface area contributed by atoms with Gasteiger partial charge in [-0.3, -0.25) is 9.59 Å². The number of carbonyl (C=O) groups is 2. The minimum Gasteiger partial charge on any atom is -0.324 e. The van der Waals surface area contributed by atoms with E-state index in [2.05, 4.69) is 26.0 Å². The molecule has 1 heterocycles. The van der Waals surface area contributed by atoms with Crippen molar-refractivity contribution in [2.75, 3.05) is 10.6 Å². The van der Waals surface area contributed by atoms with Gasteiger partial charge in [-0.25, -0.2) is 0 Å². The van der Waals surface area contributed by atoms with E-state index in [-0.39, 0.29) is 18.4 Å². The van der Waals surface area contributed by atoms with Crippen molar-refractivity contribution in [3.63, 3.8) is 0 Å². The first-order chi connectivity index (χ1) is 15.5. The first-order valence-electron chi connectivity index (χ1n) is 10.1. The molecule has 8 heteroatoms. The maximum Gasteiger partial charge on any atom is 0.255 e. The number of aryl methyl sites for hydroxylation is 2. The molecule has 0 aliphatic carbocycles. The van der Waals surface area contributed by atoms with Gasteiger partial charge in [-0.05, 0) is 55.5 Å². The summed E-state index contributed by atoms with van der Waals surface area (Å²) in [4.78, 5) is 26.2. The lowest BCUT2D eigenvalue weighted by Crippen LogP contribution is -2.20. The number of carbonyl (C=O) groups excluding carboxylic acids is 2. The van der Waals surface area contributed by atoms with Crippen LogP contribution in [0.1, 0.15) is 21.5 Å². The molecular weight excluding hydrogens is 404 g/mol. The lowest BCUT2D eigenvalue weighted by molar-refractivity contribution is -0.117. The van der Waals surface area contributed by atoms with Crippen LogP contribution >= 0.6 is 0 Å². The average Bonchev–Trinajstić information content (AvgIpc) is 3.24. The highest BCUT2D eigenvalue weighted by Gasteiger charge is 2.15. The van der Waals surface area contributed by atoms with Crippen LogP contribution < -0.4 is 10.6 Å². The number of anilines is 2. The van der Waals surface area contributed by atoms with Crippen molar-refractivity contribution in [2.24, 2.45) is 0 Å². The van der Waals surface area contributed by atoms with Crippen molar-refractivity contribution >= 4 is 23.2 Å². The number of aromatic nitrogens is 4. The molecule has 0 aliphatic rings. The molecule has 160 valence electrons. The van der Waals surface area contributed by atoms with Crippen molar-refractivity contribution in [2.45, 2.75) is 20.4 Å². The SMILES string of the molecule is Cc1ccc(NC(=O)Cn2nnc(-c3ccccc3NC(=O)c3ccc(C)cc3)n2)cc1. The van der Waals surface area contributed by atoms with Crippen LogP contribution in [0.2, 0.25) is 0 Å². The number of hydrogen-bond acceptors (Lipinski definition) is 5. The van der Waals surface area contributed by atoms with Crippen molar-refractivity contribution in [1.82, 2.24) is 20.2 Å². The van der Waals surface area contributed by atoms with E-state index < -0.39 is 0 Å². The Morgan fingerprint density at radius 2 is 1.50 bits per heavy atom. The van der Waals surface area contributed by atoms with Crippen molar-refractivity contribution in [3.8, 4) is 11.4 Å². The number of hydrogen-bond donors (Lipinski definition) is 2. The number of benzene rings is 3. The number of para-hydroxylation sites is 1. The number of nitrogens with one attached hydrogen (secondary N) is 2. The van der Waals surface area contributed by atoms with E-state index in [1.54, 1.807) is 24.3 Å². The Kier molecular flexibility index (Phi) is 6.03. The molecule has 0 spiro atoms. The lowest BCUT2D eigenvalue weighted by atomic mass is 10.1. The monoisotopic (exact) mass is 426 g/mol. The van der Waals surface area contributed by atoms with Crippen LogP contribution in [0.5, 0.6) is 0 Å². The molecule has 2 amide bonds. The third-order valence-electron chi connectivity index (χ3n) is 4.80. The molecule has 2 N–H and O–H groups in total. The van der Waals surface area contributed by atoms with Gasteiger partial charge in [0.1, 0.15) is 6.54 Å². The maximum absolute atomic E-state index is 12.6. The number of rotatable bonds is 6.